The van der Waals surface area contributed by atoms with E-state index in [0.717, 1.165) is 68.9 Å². The Morgan fingerprint density at radius 1 is 1.12 bits per heavy atom. The van der Waals surface area contributed by atoms with Crippen molar-refractivity contribution in [2.45, 2.75) is 89.5 Å². The van der Waals surface area contributed by atoms with Crippen LogP contribution in [0.25, 0.3) is 0 Å². The van der Waals surface area contributed by atoms with E-state index in [2.05, 4.69) is 49.9 Å². The zero-order valence-corrected chi connectivity index (χ0v) is 23.6. The number of carboxylic acid groups (broad SMARTS) is 1. The minimum absolute atomic E-state index is 0.0636. The molecular weight excluding hydrogens is 506 g/mol. The number of aromatic nitrogens is 3. The fourth-order valence-corrected chi connectivity index (χ4v) is 6.41. The van der Waals surface area contributed by atoms with Crippen molar-refractivity contribution in [3.05, 3.63) is 35.3 Å². The van der Waals surface area contributed by atoms with Gasteiger partial charge in [-0.1, -0.05) is 38.7 Å². The largest absolute Gasteiger partial charge is 0.480 e. The van der Waals surface area contributed by atoms with E-state index >= 15 is 0 Å². The van der Waals surface area contributed by atoms with Crippen LogP contribution in [-0.4, -0.2) is 64.2 Å². The third-order valence-corrected chi connectivity index (χ3v) is 8.77. The molecule has 0 bridgehead atoms. The Kier molecular flexibility index (Phi) is 9.34. The van der Waals surface area contributed by atoms with Crippen LogP contribution in [0, 0.1) is 5.92 Å². The maximum absolute atomic E-state index is 12.5. The molecule has 2 aromatic rings. The first-order chi connectivity index (χ1) is 19.5. The predicted octanol–water partition coefficient (Wildman–Crippen LogP) is 4.13. The number of fused-ring (bicyclic) bond motifs is 1. The van der Waals surface area contributed by atoms with E-state index in [9.17, 15) is 14.7 Å². The van der Waals surface area contributed by atoms with Gasteiger partial charge in [-0.25, -0.2) is 19.7 Å². The number of rotatable bonds is 11. The smallest absolute Gasteiger partial charge is 0.328 e. The maximum atomic E-state index is 12.5. The number of aryl methyl sites for hydroxylation is 1. The van der Waals surface area contributed by atoms with E-state index in [1.54, 1.807) is 0 Å². The second-order valence-corrected chi connectivity index (χ2v) is 11.4. The number of carboxylic acids is 1. The highest BCUT2D eigenvalue weighted by atomic mass is 16.4. The number of amides is 1. The van der Waals surface area contributed by atoms with E-state index < -0.39 is 12.0 Å². The lowest BCUT2D eigenvalue weighted by Gasteiger charge is -2.34. The van der Waals surface area contributed by atoms with Crippen LogP contribution in [0.2, 0.25) is 0 Å². The van der Waals surface area contributed by atoms with Gasteiger partial charge in [-0.3, -0.25) is 4.79 Å². The molecule has 2 aliphatic heterocycles. The fraction of sp³-hybridized carbons (Fsp3) is 0.633. The van der Waals surface area contributed by atoms with Gasteiger partial charge in [-0.15, -0.1) is 0 Å². The number of carbonyl (C=O) groups is 2. The van der Waals surface area contributed by atoms with Crippen molar-refractivity contribution in [3.63, 3.8) is 0 Å². The van der Waals surface area contributed by atoms with Gasteiger partial charge in [0.1, 0.15) is 29.8 Å². The molecule has 10 nitrogen and oxygen atoms in total. The molecule has 2 aromatic heterocycles. The molecule has 3 aliphatic rings. The fourth-order valence-electron chi connectivity index (χ4n) is 6.41. The minimum Gasteiger partial charge on any atom is -0.480 e. The molecule has 1 saturated heterocycles. The summed E-state index contributed by atoms with van der Waals surface area (Å²) in [5, 5.41) is 19.1. The van der Waals surface area contributed by atoms with Crippen molar-refractivity contribution in [2.75, 3.05) is 41.7 Å². The van der Waals surface area contributed by atoms with Crippen molar-refractivity contribution in [2.24, 2.45) is 5.92 Å². The SMILES string of the molecule is CCc1c(NC[C@H](NC(=O)CCC2CCCC2)C(=O)O)ncnc1N1CCC(c2ccc3c(n2)NCCC3)CC1. The first kappa shape index (κ1) is 28.1. The summed E-state index contributed by atoms with van der Waals surface area (Å²) in [6.45, 7) is 4.85. The number of aliphatic carboxylic acids is 1. The van der Waals surface area contributed by atoms with Gasteiger partial charge < -0.3 is 26.0 Å². The van der Waals surface area contributed by atoms with Crippen LogP contribution in [0.5, 0.6) is 0 Å². The van der Waals surface area contributed by atoms with Crippen LogP contribution < -0.4 is 20.9 Å². The van der Waals surface area contributed by atoms with Gasteiger partial charge >= 0.3 is 5.97 Å². The van der Waals surface area contributed by atoms with E-state index in [0.29, 0.717) is 30.5 Å². The molecule has 4 heterocycles. The average molecular weight is 550 g/mol. The number of hydrogen-bond donors (Lipinski definition) is 4. The Labute approximate surface area is 236 Å². The summed E-state index contributed by atoms with van der Waals surface area (Å²) in [5.74, 6) is 2.33. The van der Waals surface area contributed by atoms with Crippen LogP contribution in [0.4, 0.5) is 17.5 Å². The molecule has 0 aromatic carbocycles. The standard InChI is InChI=1S/C30H43N7O3/c1-2-23-28(32-18-25(30(39)40)35-26(38)12-9-20-6-3-4-7-20)33-19-34-29(23)37-16-13-21(14-17-37)24-11-10-22-8-5-15-31-27(22)36-24/h10-11,19-21,25H,2-9,12-18H2,1H3,(H,31,36)(H,35,38)(H,39,40)(H,32,33,34)/t25-/m0/s1. The van der Waals surface area contributed by atoms with Crippen LogP contribution in [-0.2, 0) is 22.4 Å². The molecule has 216 valence electrons. The normalized spacial score (nSPS) is 18.6. The molecule has 5 rings (SSSR count). The molecule has 1 saturated carbocycles. The predicted molar refractivity (Wildman–Crippen MR) is 156 cm³/mol. The molecule has 40 heavy (non-hydrogen) atoms. The number of anilines is 3. The van der Waals surface area contributed by atoms with Gasteiger partial charge in [-0.2, -0.15) is 0 Å². The first-order valence-corrected chi connectivity index (χ1v) is 15.1. The van der Waals surface area contributed by atoms with Gasteiger partial charge in [0.05, 0.1) is 0 Å². The van der Waals surface area contributed by atoms with Crippen molar-refractivity contribution in [1.29, 1.82) is 0 Å². The summed E-state index contributed by atoms with van der Waals surface area (Å²) in [7, 11) is 0. The molecule has 0 unspecified atom stereocenters. The monoisotopic (exact) mass is 549 g/mol. The third-order valence-electron chi connectivity index (χ3n) is 8.77. The lowest BCUT2D eigenvalue weighted by molar-refractivity contribution is -0.141. The Morgan fingerprint density at radius 2 is 1.93 bits per heavy atom. The Bertz CT molecular complexity index is 1180. The number of hydrogen-bond acceptors (Lipinski definition) is 8. The van der Waals surface area contributed by atoms with Crippen LogP contribution in [0.15, 0.2) is 18.5 Å². The highest BCUT2D eigenvalue weighted by molar-refractivity contribution is 5.84. The summed E-state index contributed by atoms with van der Waals surface area (Å²) in [5.41, 5.74) is 3.45. The van der Waals surface area contributed by atoms with Crippen molar-refractivity contribution < 1.29 is 14.7 Å². The summed E-state index contributed by atoms with van der Waals surface area (Å²) < 4.78 is 0. The van der Waals surface area contributed by atoms with Gasteiger partial charge in [0.2, 0.25) is 5.91 Å². The lowest BCUT2D eigenvalue weighted by Crippen LogP contribution is -2.45. The van der Waals surface area contributed by atoms with Crippen LogP contribution in [0.1, 0.15) is 87.4 Å². The molecular formula is C30H43N7O3. The van der Waals surface area contributed by atoms with Crippen molar-refractivity contribution in [3.8, 4) is 0 Å². The summed E-state index contributed by atoms with van der Waals surface area (Å²) in [6, 6.07) is 3.41. The first-order valence-electron chi connectivity index (χ1n) is 15.1. The second-order valence-electron chi connectivity index (χ2n) is 11.4. The summed E-state index contributed by atoms with van der Waals surface area (Å²) in [4.78, 5) is 40.7. The van der Waals surface area contributed by atoms with Gasteiger partial charge in [0.15, 0.2) is 0 Å². The lowest BCUT2D eigenvalue weighted by atomic mass is 9.92. The van der Waals surface area contributed by atoms with Crippen molar-refractivity contribution >= 4 is 29.3 Å². The zero-order valence-electron chi connectivity index (χ0n) is 23.6. The third kappa shape index (κ3) is 6.82. The Morgan fingerprint density at radius 3 is 2.67 bits per heavy atom. The van der Waals surface area contributed by atoms with Crippen LogP contribution >= 0.6 is 0 Å². The van der Waals surface area contributed by atoms with E-state index in [4.69, 9.17) is 4.98 Å². The molecule has 2 fully saturated rings. The number of pyridine rings is 1. The van der Waals surface area contributed by atoms with Crippen molar-refractivity contribution in [1.82, 2.24) is 20.3 Å². The molecule has 10 heteroatoms. The van der Waals surface area contributed by atoms with E-state index in [1.165, 1.54) is 43.3 Å². The molecule has 1 aliphatic carbocycles. The number of piperidine rings is 1. The Balaban J connectivity index is 1.18. The average Bonchev–Trinajstić information content (AvgIpc) is 3.51. The zero-order chi connectivity index (χ0) is 27.9. The van der Waals surface area contributed by atoms with E-state index in [1.807, 2.05) is 0 Å². The molecule has 0 radical (unpaired) electrons. The number of carbonyl (C=O) groups excluding carboxylic acids is 1. The maximum Gasteiger partial charge on any atom is 0.328 e. The quantitative estimate of drug-likeness (QED) is 0.327. The Hall–Kier alpha value is -3.43. The van der Waals surface area contributed by atoms with E-state index in [-0.39, 0.29) is 12.5 Å². The second kappa shape index (κ2) is 13.3. The number of nitrogens with one attached hydrogen (secondary N) is 3. The summed E-state index contributed by atoms with van der Waals surface area (Å²) >= 11 is 0. The van der Waals surface area contributed by atoms with Crippen LogP contribution in [0.3, 0.4) is 0 Å². The minimum atomic E-state index is -1.05. The van der Waals surface area contributed by atoms with Gasteiger partial charge in [0, 0.05) is 49.8 Å². The molecule has 4 N–H and O–H groups in total. The topological polar surface area (TPSA) is 132 Å². The molecule has 1 atom stereocenters. The highest BCUT2D eigenvalue weighted by Crippen LogP contribution is 2.33. The molecule has 1 amide bonds. The van der Waals surface area contributed by atoms with Gasteiger partial charge in [0.25, 0.3) is 0 Å². The van der Waals surface area contributed by atoms with Gasteiger partial charge in [-0.05, 0) is 56.1 Å². The summed E-state index contributed by atoms with van der Waals surface area (Å²) in [6.07, 6.45) is 12.5. The number of nitrogens with zero attached hydrogens (tertiary/aromatic N) is 4. The molecule has 0 spiro atoms. The highest BCUT2D eigenvalue weighted by Gasteiger charge is 2.27.